The summed E-state index contributed by atoms with van der Waals surface area (Å²) in [6.07, 6.45) is 4.67. The molecule has 0 bridgehead atoms. The molecule has 0 radical (unpaired) electrons. The highest BCUT2D eigenvalue weighted by molar-refractivity contribution is 5.90. The Kier molecular flexibility index (Phi) is 13.9. The molecule has 33 heavy (non-hydrogen) atoms. The molecule has 184 valence electrons. The Morgan fingerprint density at radius 3 is 2.30 bits per heavy atom. The summed E-state index contributed by atoms with van der Waals surface area (Å²) in [4.78, 5) is 48.4. The van der Waals surface area contributed by atoms with E-state index in [1.165, 1.54) is 0 Å². The lowest BCUT2D eigenvalue weighted by Crippen LogP contribution is -2.45. The predicted octanol–water partition coefficient (Wildman–Crippen LogP) is 2.98. The third-order valence-corrected chi connectivity index (χ3v) is 5.92. The number of carbonyl (C=O) groups excluding carboxylic acids is 4. The van der Waals surface area contributed by atoms with Crippen LogP contribution in [0.4, 0.5) is 0 Å². The number of aliphatic hydroxyl groups excluding tert-OH is 1. The fraction of sp³-hybridized carbons (Fsp3) is 0.615. The molecular weight excluding hydrogens is 420 g/mol. The van der Waals surface area contributed by atoms with E-state index in [-0.39, 0.29) is 35.9 Å². The lowest BCUT2D eigenvalue weighted by Gasteiger charge is -2.20. The van der Waals surface area contributed by atoms with Crippen LogP contribution in [0.5, 0.6) is 0 Å². The second-order valence-electron chi connectivity index (χ2n) is 8.72. The maximum absolute atomic E-state index is 12.8. The summed E-state index contributed by atoms with van der Waals surface area (Å²) in [5, 5.41) is 14.9. The van der Waals surface area contributed by atoms with Gasteiger partial charge in [-0.1, -0.05) is 50.6 Å². The first-order valence-electron chi connectivity index (χ1n) is 12.0. The van der Waals surface area contributed by atoms with Gasteiger partial charge in [0.2, 0.25) is 11.8 Å². The molecule has 3 unspecified atom stereocenters. The number of Topliss-reactive ketones (excluding diaryl/α,β-unsaturated/α-hetero) is 2. The minimum Gasteiger partial charge on any atom is -0.396 e. The predicted molar refractivity (Wildman–Crippen MR) is 129 cm³/mol. The first-order chi connectivity index (χ1) is 15.8. The van der Waals surface area contributed by atoms with E-state index < -0.39 is 12.0 Å². The van der Waals surface area contributed by atoms with Gasteiger partial charge in [0.05, 0.1) is 18.6 Å². The van der Waals surface area contributed by atoms with Crippen molar-refractivity contribution in [3.63, 3.8) is 0 Å². The molecule has 7 heteroatoms. The Bertz CT molecular complexity index is 750. The molecule has 0 aliphatic heterocycles. The first kappa shape index (κ1) is 28.5. The number of aliphatic hydroxyl groups is 1. The Morgan fingerprint density at radius 2 is 1.70 bits per heavy atom. The number of rotatable bonds is 17. The number of ketones is 2. The van der Waals surface area contributed by atoms with Crippen molar-refractivity contribution >= 4 is 23.4 Å². The van der Waals surface area contributed by atoms with Gasteiger partial charge in [0.1, 0.15) is 5.78 Å². The lowest BCUT2D eigenvalue weighted by molar-refractivity contribution is -0.130. The van der Waals surface area contributed by atoms with Crippen LogP contribution in [0.3, 0.4) is 0 Å². The molecule has 3 atom stereocenters. The van der Waals surface area contributed by atoms with Crippen LogP contribution in [-0.4, -0.2) is 47.7 Å². The Labute approximate surface area is 197 Å². The second kappa shape index (κ2) is 16.1. The third-order valence-electron chi connectivity index (χ3n) is 5.92. The van der Waals surface area contributed by atoms with Gasteiger partial charge >= 0.3 is 0 Å². The van der Waals surface area contributed by atoms with Crippen LogP contribution in [0.25, 0.3) is 0 Å². The zero-order valence-electron chi connectivity index (χ0n) is 20.3. The van der Waals surface area contributed by atoms with Crippen molar-refractivity contribution in [1.82, 2.24) is 10.6 Å². The van der Waals surface area contributed by atoms with E-state index in [1.54, 1.807) is 13.8 Å². The number of carbonyl (C=O) groups is 4. The summed E-state index contributed by atoms with van der Waals surface area (Å²) in [6, 6.07) is 8.91. The molecule has 7 nitrogen and oxygen atoms in total. The SMILES string of the molecule is CCC(CCC(=O)NCCCCCC(=O)C(Cc1ccccc1)NC(=O)C(C)CO)C(C)=O. The van der Waals surface area contributed by atoms with Crippen molar-refractivity contribution in [1.29, 1.82) is 0 Å². The molecule has 0 fully saturated rings. The fourth-order valence-electron chi connectivity index (χ4n) is 3.58. The molecule has 0 aliphatic carbocycles. The molecule has 2 amide bonds. The largest absolute Gasteiger partial charge is 0.396 e. The minimum atomic E-state index is -0.624. The summed E-state index contributed by atoms with van der Waals surface area (Å²) in [6.45, 7) is 5.42. The lowest BCUT2D eigenvalue weighted by atomic mass is 9.96. The number of amides is 2. The zero-order valence-corrected chi connectivity index (χ0v) is 20.3. The number of benzene rings is 1. The fourth-order valence-corrected chi connectivity index (χ4v) is 3.58. The van der Waals surface area contributed by atoms with E-state index in [0.717, 1.165) is 24.8 Å². The molecule has 0 aliphatic rings. The molecule has 0 spiro atoms. The standard InChI is InChI=1S/C26H40N2O5/c1-4-22(20(3)30)14-15-25(32)27-16-10-6-9-13-24(31)23(28-26(33)19(2)18-29)17-21-11-7-5-8-12-21/h5,7-8,11-12,19,22-23,29H,4,6,9-10,13-18H2,1-3H3,(H,27,32)(H,28,33). The van der Waals surface area contributed by atoms with Crippen LogP contribution in [-0.2, 0) is 25.6 Å². The van der Waals surface area contributed by atoms with Crippen molar-refractivity contribution in [2.24, 2.45) is 11.8 Å². The van der Waals surface area contributed by atoms with Gasteiger partial charge < -0.3 is 15.7 Å². The van der Waals surface area contributed by atoms with Gasteiger partial charge in [-0.05, 0) is 44.6 Å². The van der Waals surface area contributed by atoms with Gasteiger partial charge in [-0.25, -0.2) is 0 Å². The Morgan fingerprint density at radius 1 is 1.00 bits per heavy atom. The van der Waals surface area contributed by atoms with Gasteiger partial charge in [-0.2, -0.15) is 0 Å². The molecule has 1 aromatic rings. The topological polar surface area (TPSA) is 113 Å². The van der Waals surface area contributed by atoms with Crippen LogP contribution in [0.15, 0.2) is 30.3 Å². The Hall–Kier alpha value is -2.54. The number of nitrogens with one attached hydrogen (secondary N) is 2. The molecule has 0 heterocycles. The summed E-state index contributed by atoms with van der Waals surface area (Å²) in [7, 11) is 0. The molecule has 0 saturated heterocycles. The third kappa shape index (κ3) is 11.8. The molecule has 0 saturated carbocycles. The van der Waals surface area contributed by atoms with Gasteiger partial charge in [0.25, 0.3) is 0 Å². The quantitative estimate of drug-likeness (QED) is 0.309. The van der Waals surface area contributed by atoms with E-state index in [9.17, 15) is 24.3 Å². The van der Waals surface area contributed by atoms with E-state index in [2.05, 4.69) is 10.6 Å². The van der Waals surface area contributed by atoms with E-state index in [0.29, 0.717) is 38.6 Å². The smallest absolute Gasteiger partial charge is 0.225 e. The Balaban J connectivity index is 2.39. The van der Waals surface area contributed by atoms with Crippen LogP contribution in [0.1, 0.15) is 71.3 Å². The maximum atomic E-state index is 12.8. The van der Waals surface area contributed by atoms with Gasteiger partial charge in [-0.15, -0.1) is 0 Å². The number of hydrogen-bond donors (Lipinski definition) is 3. The highest BCUT2D eigenvalue weighted by Gasteiger charge is 2.23. The van der Waals surface area contributed by atoms with Crippen molar-refractivity contribution in [3.05, 3.63) is 35.9 Å². The average molecular weight is 461 g/mol. The van der Waals surface area contributed by atoms with Crippen molar-refractivity contribution in [2.45, 2.75) is 78.2 Å². The van der Waals surface area contributed by atoms with Crippen LogP contribution in [0, 0.1) is 11.8 Å². The van der Waals surface area contributed by atoms with Crippen LogP contribution >= 0.6 is 0 Å². The van der Waals surface area contributed by atoms with E-state index >= 15 is 0 Å². The van der Waals surface area contributed by atoms with Crippen molar-refractivity contribution in [3.8, 4) is 0 Å². The van der Waals surface area contributed by atoms with Crippen molar-refractivity contribution in [2.75, 3.05) is 13.2 Å². The first-order valence-corrected chi connectivity index (χ1v) is 12.0. The van der Waals surface area contributed by atoms with E-state index in [1.807, 2.05) is 37.3 Å². The van der Waals surface area contributed by atoms with Gasteiger partial charge in [0.15, 0.2) is 5.78 Å². The maximum Gasteiger partial charge on any atom is 0.225 e. The summed E-state index contributed by atoms with van der Waals surface area (Å²) >= 11 is 0. The van der Waals surface area contributed by atoms with Gasteiger partial charge in [-0.3, -0.25) is 19.2 Å². The van der Waals surface area contributed by atoms with Crippen LogP contribution in [0.2, 0.25) is 0 Å². The monoisotopic (exact) mass is 460 g/mol. The molecule has 3 N–H and O–H groups in total. The second-order valence-corrected chi connectivity index (χ2v) is 8.72. The molecule has 1 aromatic carbocycles. The summed E-state index contributed by atoms with van der Waals surface area (Å²) in [5.41, 5.74) is 0.964. The normalized spacial score (nSPS) is 13.6. The molecule has 1 rings (SSSR count). The molecule has 0 aromatic heterocycles. The average Bonchev–Trinajstić information content (AvgIpc) is 2.80. The van der Waals surface area contributed by atoms with E-state index in [4.69, 9.17) is 0 Å². The van der Waals surface area contributed by atoms with Crippen molar-refractivity contribution < 1.29 is 24.3 Å². The molecular formula is C26H40N2O5. The summed E-state index contributed by atoms with van der Waals surface area (Å²) in [5.74, 6) is -0.896. The van der Waals surface area contributed by atoms with Crippen LogP contribution < -0.4 is 10.6 Å². The highest BCUT2D eigenvalue weighted by atomic mass is 16.3. The number of unbranched alkanes of at least 4 members (excludes halogenated alkanes) is 2. The highest BCUT2D eigenvalue weighted by Crippen LogP contribution is 2.12. The number of hydrogen-bond acceptors (Lipinski definition) is 5. The summed E-state index contributed by atoms with van der Waals surface area (Å²) < 4.78 is 0. The minimum absolute atomic E-state index is 0.0313. The zero-order chi connectivity index (χ0) is 24.6. The van der Waals surface area contributed by atoms with Gasteiger partial charge in [0, 0.05) is 25.3 Å².